The molecule has 0 bridgehead atoms. The number of carbonyl (C=O) groups is 1. The number of hydrogen-bond acceptors (Lipinski definition) is 4. The summed E-state index contributed by atoms with van der Waals surface area (Å²) >= 11 is 0. The molecule has 0 aromatic heterocycles. The number of aliphatic carboxylic acids is 1. The normalized spacial score (nSPS) is 13.9. The van der Waals surface area contributed by atoms with Gasteiger partial charge in [-0.05, 0) is 54.5 Å². The van der Waals surface area contributed by atoms with E-state index in [1.165, 1.54) is 30.4 Å². The molecule has 5 nitrogen and oxygen atoms in total. The van der Waals surface area contributed by atoms with Crippen molar-refractivity contribution in [2.45, 2.75) is 31.9 Å². The SMILES string of the molecule is C=C(CNCCOC)c1ccc(N)c(C2=CCCCC2)c1.O=C(O)C(F)(F)F. The molecule has 0 saturated heterocycles. The first-order valence-corrected chi connectivity index (χ1v) is 8.93. The van der Waals surface area contributed by atoms with Gasteiger partial charge in [0.1, 0.15) is 0 Å². The predicted octanol–water partition coefficient (Wildman–Crippen LogP) is 4.11. The lowest BCUT2D eigenvalue weighted by atomic mass is 9.91. The molecule has 1 aromatic rings. The molecule has 0 amide bonds. The Labute approximate surface area is 163 Å². The number of carboxylic acid groups (broad SMARTS) is 1. The summed E-state index contributed by atoms with van der Waals surface area (Å²) in [4.78, 5) is 8.90. The average Bonchev–Trinajstić information content (AvgIpc) is 2.66. The van der Waals surface area contributed by atoms with Crippen molar-refractivity contribution in [3.8, 4) is 0 Å². The van der Waals surface area contributed by atoms with Crippen molar-refractivity contribution in [2.75, 3.05) is 32.5 Å². The van der Waals surface area contributed by atoms with Gasteiger partial charge in [0.05, 0.1) is 6.61 Å². The number of nitrogens with two attached hydrogens (primary N) is 1. The maximum absolute atomic E-state index is 10.6. The number of methoxy groups -OCH3 is 1. The lowest BCUT2D eigenvalue weighted by molar-refractivity contribution is -0.192. The molecule has 0 unspecified atom stereocenters. The molecule has 4 N–H and O–H groups in total. The molecule has 0 heterocycles. The molecule has 0 aliphatic heterocycles. The summed E-state index contributed by atoms with van der Waals surface area (Å²) in [6, 6.07) is 6.25. The van der Waals surface area contributed by atoms with Crippen molar-refractivity contribution in [1.82, 2.24) is 5.32 Å². The van der Waals surface area contributed by atoms with E-state index < -0.39 is 12.1 Å². The van der Waals surface area contributed by atoms with Gasteiger partial charge < -0.3 is 20.9 Å². The number of benzene rings is 1. The van der Waals surface area contributed by atoms with Crippen molar-refractivity contribution in [2.24, 2.45) is 0 Å². The lowest BCUT2D eigenvalue weighted by Gasteiger charge is -2.17. The highest BCUT2D eigenvalue weighted by molar-refractivity contribution is 5.79. The van der Waals surface area contributed by atoms with Gasteiger partial charge in [0, 0.05) is 31.5 Å². The van der Waals surface area contributed by atoms with Crippen LogP contribution in [-0.4, -0.2) is 44.1 Å². The largest absolute Gasteiger partial charge is 0.490 e. The molecule has 2 rings (SSSR count). The van der Waals surface area contributed by atoms with Gasteiger partial charge in [0.15, 0.2) is 0 Å². The minimum Gasteiger partial charge on any atom is -0.475 e. The number of rotatable bonds is 7. The number of anilines is 1. The standard InChI is InChI=1S/C18H26N2O.C2HF3O2/c1-14(13-20-10-11-21-2)16-8-9-18(19)17(12-16)15-6-4-3-5-7-15;3-2(4,5)1(6)7/h6,8-9,12,20H,1,3-5,7,10-11,13,19H2,2H3;(H,6,7). The molecule has 156 valence electrons. The van der Waals surface area contributed by atoms with E-state index in [0.717, 1.165) is 36.3 Å². The van der Waals surface area contributed by atoms with Crippen LogP contribution in [0.25, 0.3) is 11.1 Å². The Morgan fingerprint density at radius 1 is 1.36 bits per heavy atom. The van der Waals surface area contributed by atoms with Gasteiger partial charge in [-0.15, -0.1) is 0 Å². The highest BCUT2D eigenvalue weighted by atomic mass is 19.4. The van der Waals surface area contributed by atoms with E-state index in [0.29, 0.717) is 6.61 Å². The monoisotopic (exact) mass is 400 g/mol. The number of carboxylic acids is 1. The maximum Gasteiger partial charge on any atom is 0.490 e. The number of ether oxygens (including phenoxy) is 1. The Morgan fingerprint density at radius 2 is 2.04 bits per heavy atom. The van der Waals surface area contributed by atoms with E-state index in [4.69, 9.17) is 20.4 Å². The fourth-order valence-electron chi connectivity index (χ4n) is 2.65. The summed E-state index contributed by atoms with van der Waals surface area (Å²) in [7, 11) is 1.71. The lowest BCUT2D eigenvalue weighted by Crippen LogP contribution is -2.21. The minimum absolute atomic E-state index is 0.715. The zero-order valence-electron chi connectivity index (χ0n) is 15.9. The van der Waals surface area contributed by atoms with Crippen LogP contribution in [-0.2, 0) is 9.53 Å². The molecule has 28 heavy (non-hydrogen) atoms. The third-order valence-corrected chi connectivity index (χ3v) is 4.16. The van der Waals surface area contributed by atoms with E-state index in [1.807, 2.05) is 6.07 Å². The highest BCUT2D eigenvalue weighted by Gasteiger charge is 2.38. The molecule has 0 radical (unpaired) electrons. The first-order valence-electron chi connectivity index (χ1n) is 8.93. The van der Waals surface area contributed by atoms with Crippen LogP contribution in [0.2, 0.25) is 0 Å². The van der Waals surface area contributed by atoms with Gasteiger partial charge in [0.2, 0.25) is 0 Å². The predicted molar refractivity (Wildman–Crippen MR) is 105 cm³/mol. The number of hydrogen-bond donors (Lipinski definition) is 3. The van der Waals surface area contributed by atoms with Crippen molar-refractivity contribution < 1.29 is 27.8 Å². The van der Waals surface area contributed by atoms with Crippen LogP contribution >= 0.6 is 0 Å². The van der Waals surface area contributed by atoms with E-state index >= 15 is 0 Å². The fraction of sp³-hybridized carbons (Fsp3) is 0.450. The molecular weight excluding hydrogens is 373 g/mol. The van der Waals surface area contributed by atoms with Crippen molar-refractivity contribution >= 4 is 22.8 Å². The molecule has 1 aromatic carbocycles. The second kappa shape index (κ2) is 11.5. The summed E-state index contributed by atoms with van der Waals surface area (Å²) in [6.07, 6.45) is 2.09. The van der Waals surface area contributed by atoms with Crippen LogP contribution in [0.5, 0.6) is 0 Å². The molecule has 0 atom stereocenters. The van der Waals surface area contributed by atoms with Crippen molar-refractivity contribution in [3.63, 3.8) is 0 Å². The number of nitrogens with one attached hydrogen (secondary N) is 1. The number of halogens is 3. The van der Waals surface area contributed by atoms with Gasteiger partial charge in [0.25, 0.3) is 0 Å². The molecule has 0 spiro atoms. The Bertz CT molecular complexity index is 700. The van der Waals surface area contributed by atoms with Crippen molar-refractivity contribution in [3.05, 3.63) is 42.0 Å². The van der Waals surface area contributed by atoms with E-state index in [2.05, 4.69) is 30.1 Å². The van der Waals surface area contributed by atoms with E-state index in [-0.39, 0.29) is 0 Å². The molecule has 1 aliphatic rings. The number of alkyl halides is 3. The summed E-state index contributed by atoms with van der Waals surface area (Å²) in [5, 5.41) is 10.5. The quantitative estimate of drug-likeness (QED) is 0.474. The Morgan fingerprint density at radius 3 is 2.57 bits per heavy atom. The number of allylic oxidation sites excluding steroid dienone is 2. The molecular formula is C20H27F3N2O3. The summed E-state index contributed by atoms with van der Waals surface area (Å²) in [5.41, 5.74) is 11.8. The van der Waals surface area contributed by atoms with E-state index in [9.17, 15) is 13.2 Å². The van der Waals surface area contributed by atoms with E-state index in [1.54, 1.807) is 7.11 Å². The molecule has 8 heteroatoms. The van der Waals surface area contributed by atoms with Crippen molar-refractivity contribution in [1.29, 1.82) is 0 Å². The van der Waals surface area contributed by atoms with Gasteiger partial charge in [-0.1, -0.05) is 18.7 Å². The van der Waals surface area contributed by atoms with Crippen LogP contribution in [0, 0.1) is 0 Å². The second-order valence-electron chi connectivity index (χ2n) is 6.35. The highest BCUT2D eigenvalue weighted by Crippen LogP contribution is 2.32. The first-order chi connectivity index (χ1) is 13.2. The smallest absolute Gasteiger partial charge is 0.475 e. The van der Waals surface area contributed by atoms with Crippen LogP contribution in [0.3, 0.4) is 0 Å². The van der Waals surface area contributed by atoms with Crippen LogP contribution in [0.4, 0.5) is 18.9 Å². The fourth-order valence-corrected chi connectivity index (χ4v) is 2.65. The minimum atomic E-state index is -5.08. The van der Waals surface area contributed by atoms with Gasteiger partial charge in [-0.3, -0.25) is 0 Å². The Kier molecular flexibility index (Phi) is 9.75. The number of nitrogen functional groups attached to an aromatic ring is 1. The molecule has 0 fully saturated rings. The first kappa shape index (κ1) is 23.7. The third kappa shape index (κ3) is 8.14. The summed E-state index contributed by atoms with van der Waals surface area (Å²) < 4.78 is 36.8. The topological polar surface area (TPSA) is 84.6 Å². The third-order valence-electron chi connectivity index (χ3n) is 4.16. The van der Waals surface area contributed by atoms with Crippen LogP contribution in [0.15, 0.2) is 30.9 Å². The zero-order chi connectivity index (χ0) is 21.2. The maximum atomic E-state index is 10.6. The summed E-state index contributed by atoms with van der Waals surface area (Å²) in [6.45, 7) is 6.50. The van der Waals surface area contributed by atoms with Crippen LogP contribution in [0.1, 0.15) is 36.8 Å². The van der Waals surface area contributed by atoms with Gasteiger partial charge in [-0.2, -0.15) is 13.2 Å². The Balaban J connectivity index is 0.000000480. The van der Waals surface area contributed by atoms with Crippen LogP contribution < -0.4 is 11.1 Å². The average molecular weight is 400 g/mol. The second-order valence-corrected chi connectivity index (χ2v) is 6.35. The molecule has 0 saturated carbocycles. The van der Waals surface area contributed by atoms with Gasteiger partial charge >= 0.3 is 12.1 Å². The Hall–Kier alpha value is -2.32. The summed E-state index contributed by atoms with van der Waals surface area (Å²) in [5.74, 6) is -2.76. The van der Waals surface area contributed by atoms with Gasteiger partial charge in [-0.25, -0.2) is 4.79 Å². The zero-order valence-corrected chi connectivity index (χ0v) is 15.9. The molecule has 1 aliphatic carbocycles.